The van der Waals surface area contributed by atoms with Gasteiger partial charge in [-0.15, -0.1) is 11.6 Å². The maximum absolute atomic E-state index is 13.1. The van der Waals surface area contributed by atoms with Crippen LogP contribution in [0.3, 0.4) is 0 Å². The molecule has 3 aliphatic rings. The molecule has 156 valence electrons. The standard InChI is InChI=1S/C21H26ClN3O4/c1-4-5-6-11-15-21(18(22)20(2,3)12-29-19(28)23-21)25(15)24-16(26)13-9-7-8-10-14(13)17(24)27/h7-10,15,18H,4-6,11-12H2,1-3H3,(H,23,28)/t15-,18-,21-,25?/m1/s1. The Labute approximate surface area is 175 Å². The number of benzene rings is 1. The second-order valence-corrected chi connectivity index (χ2v) is 9.14. The van der Waals surface area contributed by atoms with Crippen LogP contribution in [0.5, 0.6) is 0 Å². The number of hydrogen-bond donors (Lipinski definition) is 1. The first kappa shape index (κ1) is 20.2. The van der Waals surface area contributed by atoms with Crippen molar-refractivity contribution in [2.75, 3.05) is 6.61 Å². The van der Waals surface area contributed by atoms with Crippen molar-refractivity contribution >= 4 is 29.5 Å². The highest BCUT2D eigenvalue weighted by atomic mass is 35.5. The molecule has 0 saturated carbocycles. The third-order valence-corrected chi connectivity index (χ3v) is 7.06. The van der Waals surface area contributed by atoms with Crippen LogP contribution in [0.15, 0.2) is 24.3 Å². The van der Waals surface area contributed by atoms with Gasteiger partial charge in [-0.25, -0.2) is 4.79 Å². The number of carbonyl (C=O) groups excluding carboxylic acids is 3. The van der Waals surface area contributed by atoms with Crippen LogP contribution in [-0.2, 0) is 4.74 Å². The monoisotopic (exact) mass is 419 g/mol. The van der Waals surface area contributed by atoms with Gasteiger partial charge >= 0.3 is 6.09 Å². The van der Waals surface area contributed by atoms with E-state index in [4.69, 9.17) is 16.3 Å². The van der Waals surface area contributed by atoms with Crippen molar-refractivity contribution in [1.29, 1.82) is 0 Å². The lowest BCUT2D eigenvalue weighted by Crippen LogP contribution is -2.54. The third kappa shape index (κ3) is 2.94. The van der Waals surface area contributed by atoms with E-state index >= 15 is 0 Å². The summed E-state index contributed by atoms with van der Waals surface area (Å²) in [6.07, 6.45) is 3.09. The maximum atomic E-state index is 13.1. The van der Waals surface area contributed by atoms with E-state index in [1.807, 2.05) is 13.8 Å². The third-order valence-electron chi connectivity index (χ3n) is 6.13. The fourth-order valence-corrected chi connectivity index (χ4v) is 4.93. The fraction of sp³-hybridized carbons (Fsp3) is 0.571. The number of rotatable bonds is 5. The predicted molar refractivity (Wildman–Crippen MR) is 107 cm³/mol. The van der Waals surface area contributed by atoms with E-state index < -0.39 is 22.5 Å². The molecule has 0 bridgehead atoms. The van der Waals surface area contributed by atoms with Crippen molar-refractivity contribution in [2.24, 2.45) is 5.41 Å². The number of unbranched alkanes of at least 4 members (excludes halogenated alkanes) is 2. The zero-order valence-corrected chi connectivity index (χ0v) is 17.7. The number of nitrogens with one attached hydrogen (secondary N) is 1. The predicted octanol–water partition coefficient (Wildman–Crippen LogP) is 3.53. The topological polar surface area (TPSA) is 78.7 Å². The van der Waals surface area contributed by atoms with Gasteiger partial charge in [-0.2, -0.15) is 10.0 Å². The van der Waals surface area contributed by atoms with E-state index in [2.05, 4.69) is 12.2 Å². The zero-order valence-electron chi connectivity index (χ0n) is 16.9. The Morgan fingerprint density at radius 1 is 1.14 bits per heavy atom. The number of hydrazine groups is 1. The molecule has 1 spiro atoms. The number of halogens is 1. The average molecular weight is 420 g/mol. The van der Waals surface area contributed by atoms with Crippen molar-refractivity contribution < 1.29 is 19.1 Å². The Morgan fingerprint density at radius 2 is 1.76 bits per heavy atom. The van der Waals surface area contributed by atoms with Crippen molar-refractivity contribution in [1.82, 2.24) is 15.3 Å². The van der Waals surface area contributed by atoms with Crippen molar-refractivity contribution in [3.8, 4) is 0 Å². The summed E-state index contributed by atoms with van der Waals surface area (Å²) in [7, 11) is 0. The van der Waals surface area contributed by atoms with Crippen molar-refractivity contribution in [3.63, 3.8) is 0 Å². The van der Waals surface area contributed by atoms with Gasteiger partial charge in [-0.3, -0.25) is 14.9 Å². The highest BCUT2D eigenvalue weighted by molar-refractivity contribution is 6.23. The Bertz CT molecular complexity index is 838. The Balaban J connectivity index is 1.74. The molecule has 2 fully saturated rings. The van der Waals surface area contributed by atoms with Gasteiger partial charge in [0.1, 0.15) is 5.66 Å². The van der Waals surface area contributed by atoms with Crippen LogP contribution in [0, 0.1) is 5.41 Å². The van der Waals surface area contributed by atoms with Crippen molar-refractivity contribution in [3.05, 3.63) is 35.4 Å². The molecule has 1 aromatic carbocycles. The molecule has 3 heterocycles. The number of nitrogens with zero attached hydrogens (tertiary/aromatic N) is 2. The average Bonchev–Trinajstić information content (AvgIpc) is 3.25. The Kier molecular flexibility index (Phi) is 4.86. The molecule has 1 N–H and O–H groups in total. The Hall–Kier alpha value is -2.12. The van der Waals surface area contributed by atoms with E-state index in [9.17, 15) is 14.4 Å². The van der Waals surface area contributed by atoms with E-state index in [0.29, 0.717) is 17.5 Å². The molecule has 0 radical (unpaired) electrons. The molecule has 1 unspecified atom stereocenters. The van der Waals surface area contributed by atoms with Crippen LogP contribution in [-0.4, -0.2) is 51.6 Å². The van der Waals surface area contributed by atoms with Gasteiger partial charge in [0.2, 0.25) is 0 Å². The summed E-state index contributed by atoms with van der Waals surface area (Å²) < 4.78 is 5.32. The van der Waals surface area contributed by atoms with E-state index in [-0.39, 0.29) is 24.5 Å². The minimum atomic E-state index is -1.04. The van der Waals surface area contributed by atoms with Crippen LogP contribution in [0.25, 0.3) is 0 Å². The summed E-state index contributed by atoms with van der Waals surface area (Å²) >= 11 is 6.93. The number of fused-ring (bicyclic) bond motifs is 1. The van der Waals surface area contributed by atoms with Crippen molar-refractivity contribution in [2.45, 2.75) is 63.5 Å². The molecule has 7 nitrogen and oxygen atoms in total. The summed E-state index contributed by atoms with van der Waals surface area (Å²) in [6, 6.07) is 6.50. The number of hydrogen-bond acceptors (Lipinski definition) is 5. The summed E-state index contributed by atoms with van der Waals surface area (Å²) in [5, 5.41) is 5.18. The lowest BCUT2D eigenvalue weighted by molar-refractivity contribution is 0.0248. The van der Waals surface area contributed by atoms with Crippen LogP contribution in [0.2, 0.25) is 0 Å². The molecule has 3 aliphatic heterocycles. The molecule has 4 rings (SSSR count). The fourth-order valence-electron chi connectivity index (χ4n) is 4.57. The molecule has 0 aromatic heterocycles. The molecule has 8 heteroatoms. The number of alkyl halides is 1. The number of ether oxygens (including phenoxy) is 1. The molecule has 0 aliphatic carbocycles. The second kappa shape index (κ2) is 6.99. The molecular weight excluding hydrogens is 394 g/mol. The second-order valence-electron chi connectivity index (χ2n) is 8.70. The highest BCUT2D eigenvalue weighted by Crippen LogP contribution is 2.54. The Morgan fingerprint density at radius 3 is 2.34 bits per heavy atom. The number of carbonyl (C=O) groups is 3. The lowest BCUT2D eigenvalue weighted by atomic mass is 9.84. The summed E-state index contributed by atoms with van der Waals surface area (Å²) in [6.45, 7) is 6.12. The first-order valence-corrected chi connectivity index (χ1v) is 10.6. The summed E-state index contributed by atoms with van der Waals surface area (Å²) in [5.74, 6) is -0.770. The van der Waals surface area contributed by atoms with Gasteiger partial charge in [0.15, 0.2) is 0 Å². The molecule has 1 aromatic rings. The SMILES string of the molecule is CCCCC[C@H]1N(N2C(=O)c3ccccc3C2=O)[C@]12NC(=O)OCC(C)(C)[C@H]2Cl. The minimum Gasteiger partial charge on any atom is -0.449 e. The quantitative estimate of drug-likeness (QED) is 0.342. The first-order valence-electron chi connectivity index (χ1n) is 10.1. The molecule has 3 amide bonds. The van der Waals surface area contributed by atoms with Gasteiger partial charge in [0.05, 0.1) is 29.2 Å². The first-order chi connectivity index (χ1) is 13.8. The normalized spacial score (nSPS) is 32.6. The van der Waals surface area contributed by atoms with Crippen LogP contribution >= 0.6 is 11.6 Å². The smallest absolute Gasteiger partial charge is 0.408 e. The number of imide groups is 1. The van der Waals surface area contributed by atoms with Crippen LogP contribution < -0.4 is 5.32 Å². The number of alkyl carbamates (subject to hydrolysis) is 1. The lowest BCUT2D eigenvalue weighted by Gasteiger charge is -2.32. The van der Waals surface area contributed by atoms with Crippen LogP contribution in [0.4, 0.5) is 4.79 Å². The van der Waals surface area contributed by atoms with Crippen LogP contribution in [0.1, 0.15) is 67.2 Å². The van der Waals surface area contributed by atoms with Gasteiger partial charge < -0.3 is 4.74 Å². The minimum absolute atomic E-state index is 0.159. The van der Waals surface area contributed by atoms with E-state index in [0.717, 1.165) is 19.3 Å². The van der Waals surface area contributed by atoms with Gasteiger partial charge in [-0.1, -0.05) is 52.2 Å². The highest BCUT2D eigenvalue weighted by Gasteiger charge is 2.75. The van der Waals surface area contributed by atoms with E-state index in [1.54, 1.807) is 29.3 Å². The van der Waals surface area contributed by atoms with Gasteiger partial charge in [0, 0.05) is 5.41 Å². The zero-order chi connectivity index (χ0) is 21.0. The molecule has 29 heavy (non-hydrogen) atoms. The van der Waals surface area contributed by atoms with E-state index in [1.165, 1.54) is 5.01 Å². The maximum Gasteiger partial charge on any atom is 0.408 e. The molecular formula is C21H26ClN3O4. The largest absolute Gasteiger partial charge is 0.449 e. The summed E-state index contributed by atoms with van der Waals surface area (Å²) in [5.41, 5.74) is -0.849. The summed E-state index contributed by atoms with van der Waals surface area (Å²) in [4.78, 5) is 38.6. The molecule has 2 saturated heterocycles. The molecule has 4 atom stereocenters. The van der Waals surface area contributed by atoms with Gasteiger partial charge in [-0.05, 0) is 18.6 Å². The van der Waals surface area contributed by atoms with Gasteiger partial charge in [0.25, 0.3) is 11.8 Å². The number of amides is 3. The number of cyclic esters (lactones) is 1.